The van der Waals surface area contributed by atoms with Crippen LogP contribution in [0.1, 0.15) is 54.6 Å². The van der Waals surface area contributed by atoms with Gasteiger partial charge in [0.15, 0.2) is 11.5 Å². The smallest absolute Gasteiger partial charge is 0.343 e. The maximum absolute atomic E-state index is 12.8. The summed E-state index contributed by atoms with van der Waals surface area (Å²) in [5.41, 5.74) is 8.29. The van der Waals surface area contributed by atoms with Crippen LogP contribution in [-0.4, -0.2) is 25.8 Å². The highest BCUT2D eigenvalue weighted by Crippen LogP contribution is 2.45. The van der Waals surface area contributed by atoms with Crippen LogP contribution in [0.25, 0.3) is 0 Å². The van der Waals surface area contributed by atoms with Crippen molar-refractivity contribution in [3.05, 3.63) is 88.8 Å². The predicted octanol–water partition coefficient (Wildman–Crippen LogP) is 5.71. The van der Waals surface area contributed by atoms with Gasteiger partial charge in [-0.25, -0.2) is 4.79 Å². The van der Waals surface area contributed by atoms with Gasteiger partial charge in [-0.1, -0.05) is 25.1 Å². The third kappa shape index (κ3) is 5.68. The van der Waals surface area contributed by atoms with Crippen molar-refractivity contribution >= 4 is 5.97 Å². The first-order valence-electron chi connectivity index (χ1n) is 12.5. The second-order valence-corrected chi connectivity index (χ2v) is 8.46. The molecule has 1 aliphatic heterocycles. The van der Waals surface area contributed by atoms with E-state index in [1.54, 1.807) is 42.5 Å². The van der Waals surface area contributed by atoms with Crippen molar-refractivity contribution in [3.8, 4) is 34.8 Å². The molecule has 196 valence electrons. The van der Waals surface area contributed by atoms with Gasteiger partial charge in [0.1, 0.15) is 28.9 Å². The van der Waals surface area contributed by atoms with E-state index in [9.17, 15) is 10.1 Å². The van der Waals surface area contributed by atoms with Crippen LogP contribution in [0, 0.1) is 11.3 Å². The van der Waals surface area contributed by atoms with Gasteiger partial charge in [-0.2, -0.15) is 5.26 Å². The molecule has 0 saturated heterocycles. The van der Waals surface area contributed by atoms with E-state index in [4.69, 9.17) is 29.4 Å². The van der Waals surface area contributed by atoms with Crippen molar-refractivity contribution < 1.29 is 28.5 Å². The lowest BCUT2D eigenvalue weighted by Gasteiger charge is -2.27. The minimum atomic E-state index is -0.534. The summed E-state index contributed by atoms with van der Waals surface area (Å²) in [6.07, 6.45) is 0.861. The first kappa shape index (κ1) is 26.4. The van der Waals surface area contributed by atoms with E-state index in [1.807, 2.05) is 39.0 Å². The van der Waals surface area contributed by atoms with E-state index in [0.29, 0.717) is 53.9 Å². The minimum Gasteiger partial charge on any atom is -0.494 e. The van der Waals surface area contributed by atoms with Crippen molar-refractivity contribution in [3.63, 3.8) is 0 Å². The van der Waals surface area contributed by atoms with E-state index in [2.05, 4.69) is 6.07 Å². The number of benzene rings is 3. The lowest BCUT2D eigenvalue weighted by Crippen LogP contribution is -2.21. The summed E-state index contributed by atoms with van der Waals surface area (Å²) in [4.78, 5) is 12.8. The molecule has 0 bridgehead atoms. The van der Waals surface area contributed by atoms with Crippen LogP contribution in [0.5, 0.6) is 28.7 Å². The predicted molar refractivity (Wildman–Crippen MR) is 142 cm³/mol. The number of rotatable bonds is 10. The van der Waals surface area contributed by atoms with Gasteiger partial charge in [0.2, 0.25) is 5.88 Å². The third-order valence-electron chi connectivity index (χ3n) is 5.84. The highest BCUT2D eigenvalue weighted by Gasteiger charge is 2.32. The Balaban J connectivity index is 1.65. The summed E-state index contributed by atoms with van der Waals surface area (Å²) in [6, 6.07) is 19.6. The number of carbonyl (C=O) groups is 1. The average molecular weight is 515 g/mol. The molecular formula is C30H30N2O6. The lowest BCUT2D eigenvalue weighted by molar-refractivity contribution is 0.0734. The van der Waals surface area contributed by atoms with Gasteiger partial charge >= 0.3 is 5.97 Å². The summed E-state index contributed by atoms with van der Waals surface area (Å²) in [6.45, 7) is 7.31. The maximum Gasteiger partial charge on any atom is 0.343 e. The Labute approximate surface area is 222 Å². The molecule has 3 aromatic rings. The first-order chi connectivity index (χ1) is 18.5. The zero-order valence-corrected chi connectivity index (χ0v) is 21.7. The van der Waals surface area contributed by atoms with Crippen LogP contribution in [0.2, 0.25) is 0 Å². The number of esters is 1. The summed E-state index contributed by atoms with van der Waals surface area (Å²) in [5.74, 6) is 1.41. The Morgan fingerprint density at radius 1 is 0.947 bits per heavy atom. The SMILES string of the molecule is CCCOc1cccc(C(=O)Oc2ccc3c(c2)OC(N)=C(C#N)C3c2ccc(OCC)c(OCC)c2)c1. The Bertz CT molecular complexity index is 1390. The molecule has 1 heterocycles. The zero-order valence-electron chi connectivity index (χ0n) is 21.7. The molecular weight excluding hydrogens is 484 g/mol. The molecule has 3 aromatic carbocycles. The van der Waals surface area contributed by atoms with Crippen molar-refractivity contribution in [2.24, 2.45) is 5.73 Å². The van der Waals surface area contributed by atoms with E-state index < -0.39 is 11.9 Å². The van der Waals surface area contributed by atoms with Gasteiger partial charge in [0, 0.05) is 11.6 Å². The molecule has 0 saturated carbocycles. The summed E-state index contributed by atoms with van der Waals surface area (Å²) < 4.78 is 28.5. The van der Waals surface area contributed by atoms with Gasteiger partial charge in [0.25, 0.3) is 0 Å². The fourth-order valence-corrected chi connectivity index (χ4v) is 4.19. The Kier molecular flexibility index (Phi) is 8.39. The molecule has 38 heavy (non-hydrogen) atoms. The standard InChI is InChI=1S/C30H30N2O6/c1-4-14-36-21-9-7-8-20(15-21)30(33)37-22-11-12-23-26(17-22)38-29(32)24(18-31)28(23)19-10-13-25(34-5-2)27(16-19)35-6-3/h7-13,15-17,28H,4-6,14,32H2,1-3H3. The minimum absolute atomic E-state index is 0.0129. The van der Waals surface area contributed by atoms with Crippen molar-refractivity contribution in [2.45, 2.75) is 33.1 Å². The number of nitrogens with zero attached hydrogens (tertiary/aromatic N) is 1. The maximum atomic E-state index is 12.8. The van der Waals surface area contributed by atoms with Gasteiger partial charge in [-0.15, -0.1) is 0 Å². The number of ether oxygens (including phenoxy) is 5. The van der Waals surface area contributed by atoms with E-state index in [-0.39, 0.29) is 17.2 Å². The van der Waals surface area contributed by atoms with E-state index in [1.165, 1.54) is 0 Å². The number of nitriles is 1. The molecule has 0 radical (unpaired) electrons. The van der Waals surface area contributed by atoms with Gasteiger partial charge in [-0.05, 0) is 62.2 Å². The van der Waals surface area contributed by atoms with Crippen molar-refractivity contribution in [2.75, 3.05) is 19.8 Å². The second kappa shape index (κ2) is 12.1. The van der Waals surface area contributed by atoms with Crippen LogP contribution >= 0.6 is 0 Å². The average Bonchev–Trinajstić information content (AvgIpc) is 2.92. The van der Waals surface area contributed by atoms with Crippen LogP contribution in [0.3, 0.4) is 0 Å². The molecule has 0 spiro atoms. The Hall–Kier alpha value is -4.64. The number of fused-ring (bicyclic) bond motifs is 1. The number of nitrogens with two attached hydrogens (primary N) is 1. The van der Waals surface area contributed by atoms with Crippen LogP contribution < -0.4 is 29.4 Å². The van der Waals surface area contributed by atoms with Gasteiger partial charge in [-0.3, -0.25) is 0 Å². The fraction of sp³-hybridized carbons (Fsp3) is 0.267. The van der Waals surface area contributed by atoms with Crippen molar-refractivity contribution in [1.82, 2.24) is 0 Å². The summed E-state index contributed by atoms with van der Waals surface area (Å²) in [5, 5.41) is 9.90. The Morgan fingerprint density at radius 3 is 2.47 bits per heavy atom. The highest BCUT2D eigenvalue weighted by molar-refractivity contribution is 5.91. The van der Waals surface area contributed by atoms with Crippen molar-refractivity contribution in [1.29, 1.82) is 5.26 Å². The Morgan fingerprint density at radius 2 is 1.74 bits per heavy atom. The third-order valence-corrected chi connectivity index (χ3v) is 5.84. The molecule has 4 rings (SSSR count). The molecule has 0 fully saturated rings. The first-order valence-corrected chi connectivity index (χ1v) is 12.5. The van der Waals surface area contributed by atoms with Crippen LogP contribution in [0.15, 0.2) is 72.1 Å². The summed E-state index contributed by atoms with van der Waals surface area (Å²) in [7, 11) is 0. The topological polar surface area (TPSA) is 113 Å². The molecule has 0 aliphatic carbocycles. The molecule has 1 atom stereocenters. The number of hydrogen-bond donors (Lipinski definition) is 1. The number of hydrogen-bond acceptors (Lipinski definition) is 8. The molecule has 8 nitrogen and oxygen atoms in total. The second-order valence-electron chi connectivity index (χ2n) is 8.46. The molecule has 1 unspecified atom stereocenters. The molecule has 8 heteroatoms. The van der Waals surface area contributed by atoms with Crippen LogP contribution in [0.4, 0.5) is 0 Å². The van der Waals surface area contributed by atoms with E-state index >= 15 is 0 Å². The number of allylic oxidation sites excluding steroid dienone is 1. The van der Waals surface area contributed by atoms with E-state index in [0.717, 1.165) is 12.0 Å². The fourth-order valence-electron chi connectivity index (χ4n) is 4.19. The monoisotopic (exact) mass is 514 g/mol. The molecule has 0 amide bonds. The van der Waals surface area contributed by atoms with Gasteiger partial charge in [0.05, 0.1) is 31.3 Å². The normalized spacial score (nSPS) is 14.1. The quantitative estimate of drug-likeness (QED) is 0.270. The number of carbonyl (C=O) groups excluding carboxylic acids is 1. The molecule has 2 N–H and O–H groups in total. The largest absolute Gasteiger partial charge is 0.494 e. The van der Waals surface area contributed by atoms with Gasteiger partial charge < -0.3 is 29.4 Å². The van der Waals surface area contributed by atoms with Crippen LogP contribution in [-0.2, 0) is 0 Å². The highest BCUT2D eigenvalue weighted by atomic mass is 16.5. The summed E-state index contributed by atoms with van der Waals surface area (Å²) >= 11 is 0. The molecule has 0 aromatic heterocycles. The zero-order chi connectivity index (χ0) is 27.1. The lowest BCUT2D eigenvalue weighted by atomic mass is 9.83. The molecule has 1 aliphatic rings.